The Labute approximate surface area is 219 Å². The highest BCUT2D eigenvalue weighted by atomic mass is 35.5. The maximum atomic E-state index is 12.9. The Morgan fingerprint density at radius 2 is 2.03 bits per heavy atom. The van der Waals surface area contributed by atoms with E-state index in [4.69, 9.17) is 21.3 Å². The van der Waals surface area contributed by atoms with E-state index in [1.54, 1.807) is 4.90 Å². The van der Waals surface area contributed by atoms with Crippen LogP contribution in [-0.2, 0) is 22.4 Å². The predicted octanol–water partition coefficient (Wildman–Crippen LogP) is 5.60. The molecule has 0 bridgehead atoms. The average molecular weight is 526 g/mol. The van der Waals surface area contributed by atoms with Crippen LogP contribution < -0.4 is 5.32 Å². The van der Waals surface area contributed by atoms with Crippen LogP contribution >= 0.6 is 22.9 Å². The molecule has 2 amide bonds. The van der Waals surface area contributed by atoms with Gasteiger partial charge in [0.2, 0.25) is 0 Å². The molecule has 0 saturated carbocycles. The fourth-order valence-electron chi connectivity index (χ4n) is 4.54. The van der Waals surface area contributed by atoms with Crippen molar-refractivity contribution in [2.24, 2.45) is 5.92 Å². The third-order valence-electron chi connectivity index (χ3n) is 6.19. The standard InChI is InChI=1S/C26H28ClN5O3S/c1-26(2,3)35-20(33)12-15-10-11-32(14-15)25(34)31-24-29-19-9-8-16-13-28-23(30-21(16)22(19)36-24)17-6-4-5-7-18(17)27/h4-7,13,15H,8-12,14H2,1-3H3,(H,29,31,34)/t15-/m0/s1. The molecule has 1 aliphatic heterocycles. The molecule has 5 rings (SSSR count). The fourth-order valence-corrected chi connectivity index (χ4v) is 5.79. The van der Waals surface area contributed by atoms with Gasteiger partial charge in [-0.05, 0) is 63.6 Å². The van der Waals surface area contributed by atoms with Gasteiger partial charge >= 0.3 is 12.0 Å². The number of urea groups is 1. The Bertz CT molecular complexity index is 1320. The van der Waals surface area contributed by atoms with E-state index in [0.717, 1.165) is 46.7 Å². The summed E-state index contributed by atoms with van der Waals surface area (Å²) in [6, 6.07) is 7.31. The first-order valence-electron chi connectivity index (χ1n) is 12.0. The van der Waals surface area contributed by atoms with Crippen LogP contribution in [0.5, 0.6) is 0 Å². The van der Waals surface area contributed by atoms with Gasteiger partial charge in [0, 0.05) is 24.8 Å². The molecule has 1 aromatic carbocycles. The van der Waals surface area contributed by atoms with Crippen LogP contribution in [0.4, 0.5) is 9.93 Å². The van der Waals surface area contributed by atoms with E-state index in [9.17, 15) is 9.59 Å². The summed E-state index contributed by atoms with van der Waals surface area (Å²) in [7, 11) is 0. The van der Waals surface area contributed by atoms with Crippen molar-refractivity contribution in [3.05, 3.63) is 46.7 Å². The second-order valence-electron chi connectivity index (χ2n) is 10.2. The number of halogens is 1. The summed E-state index contributed by atoms with van der Waals surface area (Å²) < 4.78 is 5.43. The Hall–Kier alpha value is -3.04. The Morgan fingerprint density at radius 3 is 2.81 bits per heavy atom. The highest BCUT2D eigenvalue weighted by Crippen LogP contribution is 2.39. The first kappa shape index (κ1) is 24.6. The van der Waals surface area contributed by atoms with E-state index in [0.29, 0.717) is 35.5 Å². The number of nitrogens with one attached hydrogen (secondary N) is 1. The zero-order valence-corrected chi connectivity index (χ0v) is 22.1. The lowest BCUT2D eigenvalue weighted by atomic mass is 9.99. The molecule has 1 fully saturated rings. The summed E-state index contributed by atoms with van der Waals surface area (Å²) in [6.07, 6.45) is 4.51. The van der Waals surface area contributed by atoms with Crippen molar-refractivity contribution in [3.8, 4) is 22.0 Å². The van der Waals surface area contributed by atoms with Gasteiger partial charge in [-0.25, -0.2) is 19.7 Å². The zero-order chi connectivity index (χ0) is 25.4. The minimum Gasteiger partial charge on any atom is -0.460 e. The predicted molar refractivity (Wildman–Crippen MR) is 140 cm³/mol. The molecule has 0 spiro atoms. The molecule has 1 atom stereocenters. The van der Waals surface area contributed by atoms with Gasteiger partial charge in [-0.3, -0.25) is 10.1 Å². The van der Waals surface area contributed by atoms with Crippen LogP contribution in [0.15, 0.2) is 30.5 Å². The molecule has 1 aliphatic carbocycles. The number of hydrogen-bond donors (Lipinski definition) is 1. The van der Waals surface area contributed by atoms with Gasteiger partial charge in [0.1, 0.15) is 5.60 Å². The van der Waals surface area contributed by atoms with Crippen molar-refractivity contribution >= 4 is 40.1 Å². The third kappa shape index (κ3) is 5.37. The van der Waals surface area contributed by atoms with Crippen LogP contribution in [0.25, 0.3) is 22.0 Å². The Balaban J connectivity index is 1.27. The number of aryl methyl sites for hydroxylation is 2. The number of ether oxygens (including phenoxy) is 1. The van der Waals surface area contributed by atoms with Crippen molar-refractivity contribution in [3.63, 3.8) is 0 Å². The number of hydrogen-bond acceptors (Lipinski definition) is 7. The van der Waals surface area contributed by atoms with Crippen LogP contribution in [0, 0.1) is 5.92 Å². The summed E-state index contributed by atoms with van der Waals surface area (Å²) in [5.74, 6) is 0.445. The minimum absolute atomic E-state index is 0.0990. The number of carbonyl (C=O) groups is 2. The first-order chi connectivity index (χ1) is 17.2. The normalized spacial score (nSPS) is 16.9. The van der Waals surface area contributed by atoms with Gasteiger partial charge in [0.25, 0.3) is 0 Å². The number of esters is 1. The molecule has 1 saturated heterocycles. The number of carbonyl (C=O) groups excluding carboxylic acids is 2. The van der Waals surface area contributed by atoms with E-state index in [1.165, 1.54) is 11.3 Å². The summed E-state index contributed by atoms with van der Waals surface area (Å²) in [6.45, 7) is 6.69. The summed E-state index contributed by atoms with van der Waals surface area (Å²) >= 11 is 7.79. The smallest absolute Gasteiger partial charge is 0.323 e. The maximum absolute atomic E-state index is 12.9. The largest absolute Gasteiger partial charge is 0.460 e. The lowest BCUT2D eigenvalue weighted by Gasteiger charge is -2.21. The van der Waals surface area contributed by atoms with E-state index in [-0.39, 0.29) is 17.9 Å². The molecule has 10 heteroatoms. The highest BCUT2D eigenvalue weighted by Gasteiger charge is 2.31. The summed E-state index contributed by atoms with van der Waals surface area (Å²) in [4.78, 5) is 41.8. The van der Waals surface area contributed by atoms with Gasteiger partial charge in [0.05, 0.1) is 27.7 Å². The number of amides is 2. The van der Waals surface area contributed by atoms with Crippen LogP contribution in [0.2, 0.25) is 5.02 Å². The number of aromatic nitrogens is 3. The molecule has 0 unspecified atom stereocenters. The second kappa shape index (κ2) is 9.78. The lowest BCUT2D eigenvalue weighted by Crippen LogP contribution is -2.33. The molecule has 8 nitrogen and oxygen atoms in total. The molecule has 2 aliphatic rings. The number of nitrogens with zero attached hydrogens (tertiary/aromatic N) is 4. The van der Waals surface area contributed by atoms with Gasteiger partial charge < -0.3 is 9.64 Å². The topological polar surface area (TPSA) is 97.3 Å². The van der Waals surface area contributed by atoms with Gasteiger partial charge in [0.15, 0.2) is 11.0 Å². The van der Waals surface area contributed by atoms with E-state index >= 15 is 0 Å². The number of likely N-dealkylation sites (tertiary alicyclic amines) is 1. The quantitative estimate of drug-likeness (QED) is 0.445. The third-order valence-corrected chi connectivity index (χ3v) is 7.53. The number of rotatable bonds is 4. The number of anilines is 1. The molecule has 0 radical (unpaired) electrons. The molecule has 1 N–H and O–H groups in total. The average Bonchev–Trinajstić information content (AvgIpc) is 3.44. The lowest BCUT2D eigenvalue weighted by molar-refractivity contribution is -0.155. The van der Waals surface area contributed by atoms with Gasteiger partial charge in [-0.15, -0.1) is 0 Å². The number of fused-ring (bicyclic) bond motifs is 3. The van der Waals surface area contributed by atoms with Crippen molar-refractivity contribution in [1.82, 2.24) is 19.9 Å². The van der Waals surface area contributed by atoms with Gasteiger partial charge in [-0.1, -0.05) is 35.1 Å². The molecule has 36 heavy (non-hydrogen) atoms. The first-order valence-corrected chi connectivity index (χ1v) is 13.2. The monoisotopic (exact) mass is 525 g/mol. The minimum atomic E-state index is -0.506. The van der Waals surface area contributed by atoms with Gasteiger partial charge in [-0.2, -0.15) is 0 Å². The van der Waals surface area contributed by atoms with Crippen LogP contribution in [0.1, 0.15) is 44.9 Å². The van der Waals surface area contributed by atoms with Crippen molar-refractivity contribution in [1.29, 1.82) is 0 Å². The van der Waals surface area contributed by atoms with E-state index < -0.39 is 5.60 Å². The maximum Gasteiger partial charge on any atom is 0.323 e. The summed E-state index contributed by atoms with van der Waals surface area (Å²) in [5.41, 5.74) is 3.11. The van der Waals surface area contributed by atoms with Crippen LogP contribution in [-0.4, -0.2) is 50.5 Å². The molecule has 2 aromatic heterocycles. The van der Waals surface area contributed by atoms with Crippen molar-refractivity contribution < 1.29 is 14.3 Å². The molecule has 3 aromatic rings. The van der Waals surface area contributed by atoms with Crippen molar-refractivity contribution in [2.45, 2.75) is 52.1 Å². The van der Waals surface area contributed by atoms with E-state index in [2.05, 4.69) is 15.3 Å². The highest BCUT2D eigenvalue weighted by molar-refractivity contribution is 7.19. The second-order valence-corrected chi connectivity index (χ2v) is 11.6. The fraction of sp³-hybridized carbons (Fsp3) is 0.423. The molecular formula is C26H28ClN5O3S. The number of thiazole rings is 1. The van der Waals surface area contributed by atoms with E-state index in [1.807, 2.05) is 51.2 Å². The van der Waals surface area contributed by atoms with Crippen molar-refractivity contribution in [2.75, 3.05) is 18.4 Å². The van der Waals surface area contributed by atoms with Crippen LogP contribution in [0.3, 0.4) is 0 Å². The summed E-state index contributed by atoms with van der Waals surface area (Å²) in [5, 5.41) is 4.10. The molecule has 3 heterocycles. The molecule has 188 valence electrons. The SMILES string of the molecule is CC(C)(C)OC(=O)C[C@@H]1CCN(C(=O)Nc2nc3c(s2)-c2nc(-c4ccccc4Cl)ncc2CC3)C1. The Morgan fingerprint density at radius 1 is 1.22 bits per heavy atom. The molecular weight excluding hydrogens is 498 g/mol. The number of benzene rings is 1. The zero-order valence-electron chi connectivity index (χ0n) is 20.5. The Kier molecular flexibility index (Phi) is 6.70.